The van der Waals surface area contributed by atoms with E-state index in [9.17, 15) is 9.90 Å². The molecule has 33 heavy (non-hydrogen) atoms. The maximum atomic E-state index is 11.4. The Labute approximate surface area is 205 Å². The van der Waals surface area contributed by atoms with E-state index >= 15 is 0 Å². The summed E-state index contributed by atoms with van der Waals surface area (Å²) in [5.41, 5.74) is 5.07. The van der Waals surface area contributed by atoms with Crippen LogP contribution in [-0.4, -0.2) is 23.4 Å². The Hall–Kier alpha value is -1.94. The molecule has 0 fully saturated rings. The van der Waals surface area contributed by atoms with Crippen LogP contribution in [0.2, 0.25) is 0 Å². The summed E-state index contributed by atoms with van der Waals surface area (Å²) in [7, 11) is 0. The van der Waals surface area contributed by atoms with E-state index in [1.165, 1.54) is 42.6 Å². The summed E-state index contributed by atoms with van der Waals surface area (Å²) in [6.45, 7) is 13.5. The summed E-state index contributed by atoms with van der Waals surface area (Å²) in [5.74, 6) is 1.26. The van der Waals surface area contributed by atoms with Crippen LogP contribution in [0.3, 0.4) is 0 Å². The fraction of sp³-hybridized carbons (Fsp3) is 0.552. The zero-order valence-corrected chi connectivity index (χ0v) is 22.2. The van der Waals surface area contributed by atoms with E-state index in [2.05, 4.69) is 45.9 Å². The van der Waals surface area contributed by atoms with Gasteiger partial charge in [0.1, 0.15) is 5.75 Å². The standard InChI is InChI=1S/C29H42O3S/c1-7-9-10-11-12-17-32-26-20-27-25(29(5,6)16-18-33-27)19-24(26)22(4)15-13-14-21(3)23(8-2)28(30)31/h13-15,19-20H,7-12,16-18H2,1-6H3,(H,30,31). The molecule has 0 amide bonds. The van der Waals surface area contributed by atoms with Crippen molar-refractivity contribution < 1.29 is 14.6 Å². The van der Waals surface area contributed by atoms with Crippen LogP contribution in [0, 0.1) is 0 Å². The lowest BCUT2D eigenvalue weighted by atomic mass is 9.80. The second kappa shape index (κ2) is 13.1. The van der Waals surface area contributed by atoms with Crippen LogP contribution in [0.5, 0.6) is 5.75 Å². The van der Waals surface area contributed by atoms with Crippen molar-refractivity contribution >= 4 is 23.3 Å². The number of carbonyl (C=O) groups is 1. The first-order chi connectivity index (χ1) is 15.7. The molecule has 1 N–H and O–H groups in total. The highest BCUT2D eigenvalue weighted by atomic mass is 32.2. The lowest BCUT2D eigenvalue weighted by Crippen LogP contribution is -2.23. The molecule has 1 heterocycles. The third-order valence-electron chi connectivity index (χ3n) is 6.51. The minimum Gasteiger partial charge on any atom is -0.493 e. The molecule has 2 rings (SSSR count). The fourth-order valence-corrected chi connectivity index (χ4v) is 5.71. The number of ether oxygens (including phenoxy) is 1. The normalized spacial score (nSPS) is 16.5. The summed E-state index contributed by atoms with van der Waals surface area (Å²) in [6.07, 6.45) is 13.7. The molecule has 182 valence electrons. The largest absolute Gasteiger partial charge is 0.493 e. The van der Waals surface area contributed by atoms with Gasteiger partial charge in [0.2, 0.25) is 0 Å². The minimum absolute atomic E-state index is 0.154. The van der Waals surface area contributed by atoms with Crippen molar-refractivity contribution in [2.45, 2.75) is 96.8 Å². The molecule has 0 atom stereocenters. The molecule has 0 aromatic heterocycles. The Morgan fingerprint density at radius 1 is 1.15 bits per heavy atom. The maximum absolute atomic E-state index is 11.4. The van der Waals surface area contributed by atoms with E-state index in [1.807, 2.05) is 37.8 Å². The molecule has 0 saturated carbocycles. The molecule has 0 aliphatic carbocycles. The summed E-state index contributed by atoms with van der Waals surface area (Å²) in [6, 6.07) is 4.57. The average Bonchev–Trinajstić information content (AvgIpc) is 2.75. The van der Waals surface area contributed by atoms with Gasteiger partial charge in [-0.2, -0.15) is 0 Å². The Morgan fingerprint density at radius 2 is 1.88 bits per heavy atom. The van der Waals surface area contributed by atoms with Crippen molar-refractivity contribution in [3.63, 3.8) is 0 Å². The highest BCUT2D eigenvalue weighted by Crippen LogP contribution is 2.45. The summed E-state index contributed by atoms with van der Waals surface area (Å²) in [5, 5.41) is 9.35. The first-order valence-electron chi connectivity index (χ1n) is 12.4. The quantitative estimate of drug-likeness (QED) is 0.189. The number of benzene rings is 1. The molecule has 0 bridgehead atoms. The van der Waals surface area contributed by atoms with Crippen LogP contribution in [0.4, 0.5) is 0 Å². The van der Waals surface area contributed by atoms with Gasteiger partial charge in [-0.15, -0.1) is 11.8 Å². The lowest BCUT2D eigenvalue weighted by molar-refractivity contribution is -0.132. The van der Waals surface area contributed by atoms with Crippen LogP contribution in [0.25, 0.3) is 5.57 Å². The highest BCUT2D eigenvalue weighted by Gasteiger charge is 2.29. The second-order valence-electron chi connectivity index (χ2n) is 9.62. The molecule has 1 aromatic carbocycles. The molecule has 0 unspecified atom stereocenters. The van der Waals surface area contributed by atoms with Gasteiger partial charge in [-0.25, -0.2) is 4.79 Å². The van der Waals surface area contributed by atoms with E-state index in [1.54, 1.807) is 0 Å². The highest BCUT2D eigenvalue weighted by molar-refractivity contribution is 7.99. The van der Waals surface area contributed by atoms with E-state index in [0.29, 0.717) is 12.0 Å². The molecule has 3 nitrogen and oxygen atoms in total. The molecule has 0 saturated heterocycles. The van der Waals surface area contributed by atoms with Crippen molar-refractivity contribution in [1.29, 1.82) is 0 Å². The third kappa shape index (κ3) is 7.81. The SMILES string of the molecule is CCCCCCCOc1cc2c(cc1C(C)=CC=CC(C)=C(CC)C(=O)O)C(C)(C)CCS2. The Balaban J connectivity index is 2.32. The molecular formula is C29H42O3S. The monoisotopic (exact) mass is 470 g/mol. The molecule has 1 aliphatic heterocycles. The number of hydrogen-bond acceptors (Lipinski definition) is 3. The zero-order valence-electron chi connectivity index (χ0n) is 21.4. The molecule has 4 heteroatoms. The van der Waals surface area contributed by atoms with E-state index in [-0.39, 0.29) is 5.41 Å². The van der Waals surface area contributed by atoms with Gasteiger partial charge in [-0.1, -0.05) is 71.6 Å². The number of thioether (sulfide) groups is 1. The second-order valence-corrected chi connectivity index (χ2v) is 10.8. The van der Waals surface area contributed by atoms with Crippen LogP contribution in [0.1, 0.15) is 97.6 Å². The van der Waals surface area contributed by atoms with Gasteiger partial charge in [0.15, 0.2) is 0 Å². The molecule has 0 spiro atoms. The molecular weight excluding hydrogens is 428 g/mol. The first-order valence-corrected chi connectivity index (χ1v) is 13.4. The number of rotatable bonds is 12. The summed E-state index contributed by atoms with van der Waals surface area (Å²) < 4.78 is 6.32. The summed E-state index contributed by atoms with van der Waals surface area (Å²) >= 11 is 1.93. The van der Waals surface area contributed by atoms with Crippen molar-refractivity contribution in [2.24, 2.45) is 0 Å². The predicted molar refractivity (Wildman–Crippen MR) is 142 cm³/mol. The number of carboxylic acid groups (broad SMARTS) is 1. The van der Waals surface area contributed by atoms with Crippen molar-refractivity contribution in [3.05, 3.63) is 52.6 Å². The van der Waals surface area contributed by atoms with E-state index < -0.39 is 5.97 Å². The van der Waals surface area contributed by atoms with Gasteiger partial charge in [-0.3, -0.25) is 0 Å². The fourth-order valence-electron chi connectivity index (χ4n) is 4.20. The van der Waals surface area contributed by atoms with Gasteiger partial charge in [0.05, 0.1) is 6.61 Å². The number of allylic oxidation sites excluding steroid dienone is 5. The van der Waals surface area contributed by atoms with Crippen LogP contribution in [0.15, 0.2) is 46.4 Å². The number of carboxylic acids is 1. The molecule has 1 aromatic rings. The Bertz CT molecular complexity index is 906. The van der Waals surface area contributed by atoms with Gasteiger partial charge in [0, 0.05) is 16.0 Å². The Morgan fingerprint density at radius 3 is 2.55 bits per heavy atom. The first kappa shape index (κ1) is 27.3. The van der Waals surface area contributed by atoms with Crippen molar-refractivity contribution in [2.75, 3.05) is 12.4 Å². The maximum Gasteiger partial charge on any atom is 0.331 e. The van der Waals surface area contributed by atoms with Crippen LogP contribution < -0.4 is 4.74 Å². The average molecular weight is 471 g/mol. The zero-order chi connectivity index (χ0) is 24.4. The Kier molecular flexibility index (Phi) is 10.8. The van der Waals surface area contributed by atoms with Crippen molar-refractivity contribution in [1.82, 2.24) is 0 Å². The summed E-state index contributed by atoms with van der Waals surface area (Å²) in [4.78, 5) is 12.7. The smallest absolute Gasteiger partial charge is 0.331 e. The van der Waals surface area contributed by atoms with Crippen LogP contribution in [-0.2, 0) is 10.2 Å². The van der Waals surface area contributed by atoms with Crippen molar-refractivity contribution in [3.8, 4) is 5.75 Å². The van der Waals surface area contributed by atoms with Gasteiger partial charge >= 0.3 is 5.97 Å². The van der Waals surface area contributed by atoms with Gasteiger partial charge in [-0.05, 0) is 73.1 Å². The lowest BCUT2D eigenvalue weighted by Gasteiger charge is -2.33. The number of unbranched alkanes of at least 4 members (excludes halogenated alkanes) is 4. The third-order valence-corrected chi connectivity index (χ3v) is 7.56. The van der Waals surface area contributed by atoms with Gasteiger partial charge in [0.25, 0.3) is 0 Å². The van der Waals surface area contributed by atoms with Gasteiger partial charge < -0.3 is 9.84 Å². The van der Waals surface area contributed by atoms with E-state index in [4.69, 9.17) is 4.74 Å². The molecule has 0 radical (unpaired) electrons. The molecule has 1 aliphatic rings. The number of fused-ring (bicyclic) bond motifs is 1. The van der Waals surface area contributed by atoms with Crippen LogP contribution >= 0.6 is 11.8 Å². The minimum atomic E-state index is -0.843. The topological polar surface area (TPSA) is 46.5 Å². The van der Waals surface area contributed by atoms with E-state index in [0.717, 1.165) is 41.2 Å². The number of hydrogen-bond donors (Lipinski definition) is 1. The predicted octanol–water partition coefficient (Wildman–Crippen LogP) is 8.58. The number of aliphatic carboxylic acids is 1.